The Morgan fingerprint density at radius 2 is 2.14 bits per heavy atom. The molecule has 0 aliphatic carbocycles. The van der Waals surface area contributed by atoms with Gasteiger partial charge in [0.15, 0.2) is 0 Å². The Morgan fingerprint density at radius 1 is 1.43 bits per heavy atom. The van der Waals surface area contributed by atoms with Gasteiger partial charge in [0.1, 0.15) is 11.5 Å². The van der Waals surface area contributed by atoms with Gasteiger partial charge in [-0.2, -0.15) is 11.8 Å². The molecule has 0 amide bonds. The van der Waals surface area contributed by atoms with E-state index in [-0.39, 0.29) is 0 Å². The van der Waals surface area contributed by atoms with Crippen LogP contribution in [-0.2, 0) is 0 Å². The second kappa shape index (κ2) is 5.47. The van der Waals surface area contributed by atoms with Crippen molar-refractivity contribution in [2.75, 3.05) is 12.0 Å². The first-order valence-corrected chi connectivity index (χ1v) is 6.34. The van der Waals surface area contributed by atoms with Crippen LogP contribution in [0, 0.1) is 6.92 Å². The van der Waals surface area contributed by atoms with Crippen LogP contribution in [0.4, 0.5) is 0 Å². The Labute approximate surface area is 90.5 Å². The van der Waals surface area contributed by atoms with Gasteiger partial charge in [0.2, 0.25) is 0 Å². The summed E-state index contributed by atoms with van der Waals surface area (Å²) in [4.78, 5) is 0. The number of rotatable bonds is 5. The Kier molecular flexibility index (Phi) is 4.55. The monoisotopic (exact) mass is 213 g/mol. The SMILES string of the molecule is CSC[C@@H](C)N[C@@H](C)c1ccc(C)o1. The summed E-state index contributed by atoms with van der Waals surface area (Å²) in [5.41, 5.74) is 0. The minimum atomic E-state index is 0.297. The maximum absolute atomic E-state index is 5.55. The molecule has 0 aliphatic heterocycles. The average Bonchev–Trinajstić information content (AvgIpc) is 2.52. The van der Waals surface area contributed by atoms with Gasteiger partial charge in [-0.25, -0.2) is 0 Å². The molecule has 0 saturated heterocycles. The molecule has 0 saturated carbocycles. The maximum atomic E-state index is 5.55. The number of furan rings is 1. The van der Waals surface area contributed by atoms with E-state index < -0.39 is 0 Å². The zero-order chi connectivity index (χ0) is 10.6. The Balaban J connectivity index is 2.45. The zero-order valence-corrected chi connectivity index (χ0v) is 10.1. The molecule has 14 heavy (non-hydrogen) atoms. The molecule has 1 aromatic heterocycles. The lowest BCUT2D eigenvalue weighted by atomic mass is 10.2. The lowest BCUT2D eigenvalue weighted by molar-refractivity contribution is 0.399. The fourth-order valence-corrected chi connectivity index (χ4v) is 2.09. The van der Waals surface area contributed by atoms with Crippen molar-refractivity contribution in [2.45, 2.75) is 32.9 Å². The quantitative estimate of drug-likeness (QED) is 0.814. The van der Waals surface area contributed by atoms with Gasteiger partial charge in [0.05, 0.1) is 6.04 Å². The van der Waals surface area contributed by atoms with Crippen LogP contribution in [0.2, 0.25) is 0 Å². The predicted molar refractivity (Wildman–Crippen MR) is 62.8 cm³/mol. The van der Waals surface area contributed by atoms with E-state index in [1.165, 1.54) is 0 Å². The molecule has 1 heterocycles. The number of hydrogen-bond acceptors (Lipinski definition) is 3. The predicted octanol–water partition coefficient (Wildman–Crippen LogP) is 2.99. The van der Waals surface area contributed by atoms with Crippen molar-refractivity contribution in [3.8, 4) is 0 Å². The highest BCUT2D eigenvalue weighted by atomic mass is 32.2. The first-order chi connectivity index (χ1) is 6.63. The smallest absolute Gasteiger partial charge is 0.120 e. The van der Waals surface area contributed by atoms with Crippen molar-refractivity contribution in [2.24, 2.45) is 0 Å². The second-order valence-corrected chi connectivity index (χ2v) is 4.60. The Morgan fingerprint density at radius 3 is 2.64 bits per heavy atom. The molecule has 0 unspecified atom stereocenters. The molecule has 0 aliphatic rings. The lowest BCUT2D eigenvalue weighted by Crippen LogP contribution is -2.30. The van der Waals surface area contributed by atoms with Crippen LogP contribution >= 0.6 is 11.8 Å². The molecule has 3 heteroatoms. The minimum absolute atomic E-state index is 0.297. The van der Waals surface area contributed by atoms with Crippen molar-refractivity contribution in [1.82, 2.24) is 5.32 Å². The van der Waals surface area contributed by atoms with Gasteiger partial charge in [-0.05, 0) is 39.2 Å². The Hall–Kier alpha value is -0.410. The molecule has 2 nitrogen and oxygen atoms in total. The van der Waals surface area contributed by atoms with E-state index >= 15 is 0 Å². The summed E-state index contributed by atoms with van der Waals surface area (Å²) in [5, 5.41) is 3.50. The number of thioether (sulfide) groups is 1. The fourth-order valence-electron chi connectivity index (χ4n) is 1.49. The minimum Gasteiger partial charge on any atom is -0.465 e. The molecule has 0 fully saturated rings. The van der Waals surface area contributed by atoms with Gasteiger partial charge in [0, 0.05) is 11.8 Å². The van der Waals surface area contributed by atoms with E-state index in [4.69, 9.17) is 4.42 Å². The zero-order valence-electron chi connectivity index (χ0n) is 9.33. The van der Waals surface area contributed by atoms with Gasteiger partial charge in [0.25, 0.3) is 0 Å². The molecule has 80 valence electrons. The molecule has 0 spiro atoms. The number of aryl methyl sites for hydroxylation is 1. The van der Waals surface area contributed by atoms with E-state index in [1.54, 1.807) is 0 Å². The number of hydrogen-bond donors (Lipinski definition) is 1. The topological polar surface area (TPSA) is 25.2 Å². The van der Waals surface area contributed by atoms with Crippen molar-refractivity contribution in [3.63, 3.8) is 0 Å². The van der Waals surface area contributed by atoms with Crippen LogP contribution in [0.3, 0.4) is 0 Å². The third-order valence-corrected chi connectivity index (χ3v) is 2.97. The number of nitrogens with one attached hydrogen (secondary N) is 1. The summed E-state index contributed by atoms with van der Waals surface area (Å²) in [6, 6.07) is 4.86. The third-order valence-electron chi connectivity index (χ3n) is 2.14. The summed E-state index contributed by atoms with van der Waals surface area (Å²) in [6.45, 7) is 6.31. The van der Waals surface area contributed by atoms with Crippen LogP contribution < -0.4 is 5.32 Å². The molecular weight excluding hydrogens is 194 g/mol. The van der Waals surface area contributed by atoms with Gasteiger partial charge in [-0.1, -0.05) is 0 Å². The largest absolute Gasteiger partial charge is 0.465 e. The normalized spacial score (nSPS) is 15.4. The third kappa shape index (κ3) is 3.39. The van der Waals surface area contributed by atoms with E-state index in [1.807, 2.05) is 30.8 Å². The van der Waals surface area contributed by atoms with Crippen LogP contribution in [0.25, 0.3) is 0 Å². The average molecular weight is 213 g/mol. The summed E-state index contributed by atoms with van der Waals surface area (Å²) in [6.07, 6.45) is 2.12. The maximum Gasteiger partial charge on any atom is 0.120 e. The summed E-state index contributed by atoms with van der Waals surface area (Å²) >= 11 is 1.86. The second-order valence-electron chi connectivity index (χ2n) is 3.69. The molecular formula is C11H19NOS. The van der Waals surface area contributed by atoms with Crippen molar-refractivity contribution in [3.05, 3.63) is 23.7 Å². The summed E-state index contributed by atoms with van der Waals surface area (Å²) < 4.78 is 5.55. The summed E-state index contributed by atoms with van der Waals surface area (Å²) in [7, 11) is 0. The van der Waals surface area contributed by atoms with Crippen LogP contribution in [0.5, 0.6) is 0 Å². The van der Waals surface area contributed by atoms with E-state index in [0.717, 1.165) is 17.3 Å². The van der Waals surface area contributed by atoms with E-state index in [2.05, 4.69) is 25.4 Å². The standard InChI is InChI=1S/C11H19NOS/c1-8(7-14-4)12-10(3)11-6-5-9(2)13-11/h5-6,8,10,12H,7H2,1-4H3/t8-,10+/m1/s1. The van der Waals surface area contributed by atoms with E-state index in [9.17, 15) is 0 Å². The molecule has 1 aromatic rings. The highest BCUT2D eigenvalue weighted by molar-refractivity contribution is 7.98. The van der Waals surface area contributed by atoms with Crippen molar-refractivity contribution >= 4 is 11.8 Å². The molecule has 2 atom stereocenters. The van der Waals surface area contributed by atoms with Crippen LogP contribution in [-0.4, -0.2) is 18.1 Å². The van der Waals surface area contributed by atoms with Gasteiger partial charge in [-0.3, -0.25) is 0 Å². The van der Waals surface area contributed by atoms with Gasteiger partial charge < -0.3 is 9.73 Å². The van der Waals surface area contributed by atoms with Crippen LogP contribution in [0.1, 0.15) is 31.4 Å². The molecule has 1 rings (SSSR count). The molecule has 1 N–H and O–H groups in total. The fraction of sp³-hybridized carbons (Fsp3) is 0.636. The molecule has 0 aromatic carbocycles. The summed E-state index contributed by atoms with van der Waals surface area (Å²) in [5.74, 6) is 3.13. The van der Waals surface area contributed by atoms with Gasteiger partial charge >= 0.3 is 0 Å². The highest BCUT2D eigenvalue weighted by Crippen LogP contribution is 2.16. The first-order valence-electron chi connectivity index (χ1n) is 4.94. The highest BCUT2D eigenvalue weighted by Gasteiger charge is 2.11. The van der Waals surface area contributed by atoms with Crippen LogP contribution in [0.15, 0.2) is 16.5 Å². The molecule has 0 bridgehead atoms. The van der Waals surface area contributed by atoms with E-state index in [0.29, 0.717) is 12.1 Å². The lowest BCUT2D eigenvalue weighted by Gasteiger charge is -2.17. The molecule has 0 radical (unpaired) electrons. The Bertz CT molecular complexity index is 272. The van der Waals surface area contributed by atoms with Crippen molar-refractivity contribution in [1.29, 1.82) is 0 Å². The van der Waals surface area contributed by atoms with Crippen molar-refractivity contribution < 1.29 is 4.42 Å². The first kappa shape index (κ1) is 11.7. The van der Waals surface area contributed by atoms with Gasteiger partial charge in [-0.15, -0.1) is 0 Å².